The van der Waals surface area contributed by atoms with Crippen molar-refractivity contribution in [3.8, 4) is 0 Å². The quantitative estimate of drug-likeness (QED) is 0.354. The number of benzene rings is 2. The second-order valence-electron chi connectivity index (χ2n) is 3.74. The van der Waals surface area contributed by atoms with Crippen LogP contribution in [-0.2, 0) is 0 Å². The molecule has 0 bridgehead atoms. The molecule has 0 saturated carbocycles. The first kappa shape index (κ1) is 14.9. The number of Topliss-reactive ketones (excluding diaryl/α,β-unsaturated/α-hetero) is 1. The Labute approximate surface area is 131 Å². The van der Waals surface area contributed by atoms with Crippen LogP contribution < -0.4 is 0 Å². The van der Waals surface area contributed by atoms with Crippen molar-refractivity contribution < 1.29 is 4.79 Å². The van der Waals surface area contributed by atoms with E-state index >= 15 is 0 Å². The number of ketones is 1. The van der Waals surface area contributed by atoms with Gasteiger partial charge in [0.15, 0.2) is 5.78 Å². The lowest BCUT2D eigenvalue weighted by molar-refractivity contribution is 0.101. The fourth-order valence-electron chi connectivity index (χ4n) is 1.40. The smallest absolute Gasteiger partial charge is 0.185 e. The van der Waals surface area contributed by atoms with Gasteiger partial charge in [-0.3, -0.25) is 4.79 Å². The Morgan fingerprint density at radius 3 is 1.89 bits per heavy atom. The van der Waals surface area contributed by atoms with Gasteiger partial charge >= 0.3 is 0 Å². The molecule has 0 atom stereocenters. The number of thiol groups is 2. The molecular formula is C14H12OS4. The van der Waals surface area contributed by atoms with Crippen molar-refractivity contribution in [1.29, 1.82) is 0 Å². The monoisotopic (exact) mass is 324 g/mol. The Kier molecular flexibility index (Phi) is 5.76. The molecule has 19 heavy (non-hydrogen) atoms. The molecule has 2 aromatic carbocycles. The minimum atomic E-state index is -0.558. The lowest BCUT2D eigenvalue weighted by Crippen LogP contribution is -2.07. The molecule has 2 rings (SSSR count). The highest BCUT2D eigenvalue weighted by molar-refractivity contribution is 8.76. The molecular weight excluding hydrogens is 312 g/mol. The summed E-state index contributed by atoms with van der Waals surface area (Å²) in [5, 5.41) is 0. The Balaban J connectivity index is 1.98. The van der Waals surface area contributed by atoms with E-state index in [1.165, 1.54) is 4.90 Å². The summed E-state index contributed by atoms with van der Waals surface area (Å²) in [6, 6.07) is 17.7. The molecule has 0 spiro atoms. The topological polar surface area (TPSA) is 17.1 Å². The summed E-state index contributed by atoms with van der Waals surface area (Å²) in [7, 11) is 3.37. The molecule has 1 nitrogen and oxygen atoms in total. The Morgan fingerprint density at radius 2 is 1.37 bits per heavy atom. The van der Waals surface area contributed by atoms with E-state index in [0.717, 1.165) is 4.90 Å². The number of rotatable bonds is 5. The zero-order valence-electron chi connectivity index (χ0n) is 9.89. The van der Waals surface area contributed by atoms with Crippen LogP contribution in [0.1, 0.15) is 10.4 Å². The molecule has 5 heteroatoms. The zero-order chi connectivity index (χ0) is 13.7. The molecule has 0 amide bonds. The first-order valence-corrected chi connectivity index (χ1v) is 8.75. The van der Waals surface area contributed by atoms with Crippen molar-refractivity contribution >= 4 is 52.6 Å². The Hall–Kier alpha value is -0.490. The van der Waals surface area contributed by atoms with Crippen molar-refractivity contribution in [2.45, 2.75) is 14.4 Å². The van der Waals surface area contributed by atoms with Gasteiger partial charge in [0.25, 0.3) is 0 Å². The number of hydrogen-bond acceptors (Lipinski definition) is 5. The molecule has 0 unspecified atom stereocenters. The largest absolute Gasteiger partial charge is 0.292 e. The van der Waals surface area contributed by atoms with Crippen molar-refractivity contribution in [1.82, 2.24) is 0 Å². The number of carbonyl (C=O) groups excluding carboxylic acids is 1. The normalized spacial score (nSPS) is 10.7. The predicted octanol–water partition coefficient (Wildman–Crippen LogP) is 4.85. The molecule has 0 fully saturated rings. The van der Waals surface area contributed by atoms with E-state index < -0.39 is 4.58 Å². The highest BCUT2D eigenvalue weighted by Crippen LogP contribution is 2.37. The summed E-state index contributed by atoms with van der Waals surface area (Å²) in [4.78, 5) is 14.0. The number of carbonyl (C=O) groups is 1. The summed E-state index contributed by atoms with van der Waals surface area (Å²) in [6.07, 6.45) is 0. The van der Waals surface area contributed by atoms with Gasteiger partial charge < -0.3 is 0 Å². The fraction of sp³-hybridized carbons (Fsp3) is 0.0714. The second kappa shape index (κ2) is 7.33. The first-order valence-electron chi connectivity index (χ1n) is 5.57. The zero-order valence-corrected chi connectivity index (χ0v) is 13.3. The van der Waals surface area contributed by atoms with Gasteiger partial charge in [0.2, 0.25) is 0 Å². The Bertz CT molecular complexity index is 537. The van der Waals surface area contributed by atoms with E-state index in [9.17, 15) is 4.79 Å². The molecule has 0 radical (unpaired) electrons. The second-order valence-corrected chi connectivity index (χ2v) is 7.46. The van der Waals surface area contributed by atoms with E-state index in [1.807, 2.05) is 42.5 Å². The van der Waals surface area contributed by atoms with Crippen molar-refractivity contribution in [3.05, 3.63) is 60.2 Å². The maximum atomic E-state index is 11.7. The molecule has 0 aromatic heterocycles. The van der Waals surface area contributed by atoms with E-state index in [-0.39, 0.29) is 5.78 Å². The van der Waals surface area contributed by atoms with E-state index in [0.29, 0.717) is 5.56 Å². The van der Waals surface area contributed by atoms with Crippen LogP contribution in [0, 0.1) is 0 Å². The Morgan fingerprint density at radius 1 is 0.842 bits per heavy atom. The van der Waals surface area contributed by atoms with Gasteiger partial charge in [-0.15, -0.1) is 0 Å². The highest BCUT2D eigenvalue weighted by atomic mass is 33.1. The third-order valence-corrected chi connectivity index (χ3v) is 5.24. The molecule has 98 valence electrons. The van der Waals surface area contributed by atoms with E-state index in [4.69, 9.17) is 0 Å². The highest BCUT2D eigenvalue weighted by Gasteiger charge is 2.11. The average molecular weight is 325 g/mol. The maximum Gasteiger partial charge on any atom is 0.185 e. The molecule has 0 heterocycles. The van der Waals surface area contributed by atoms with Crippen LogP contribution in [0.15, 0.2) is 64.4 Å². The predicted molar refractivity (Wildman–Crippen MR) is 90.7 cm³/mol. The summed E-state index contributed by atoms with van der Waals surface area (Å²) in [5.74, 6) is -0.0704. The summed E-state index contributed by atoms with van der Waals surface area (Å²) in [5.41, 5.74) is 0.643. The van der Waals surface area contributed by atoms with E-state index in [1.54, 1.807) is 21.6 Å². The maximum absolute atomic E-state index is 11.7. The number of hydrogen-bond donors (Lipinski definition) is 2. The van der Waals surface area contributed by atoms with Crippen LogP contribution in [0.3, 0.4) is 0 Å². The van der Waals surface area contributed by atoms with Crippen LogP contribution >= 0.6 is 46.8 Å². The minimum Gasteiger partial charge on any atom is -0.292 e. The molecule has 0 N–H and O–H groups in total. The minimum absolute atomic E-state index is 0.0704. The summed E-state index contributed by atoms with van der Waals surface area (Å²) in [6.45, 7) is 0. The van der Waals surface area contributed by atoms with Gasteiger partial charge in [0.1, 0.15) is 4.58 Å². The first-order chi connectivity index (χ1) is 9.16. The van der Waals surface area contributed by atoms with Crippen LogP contribution in [0.25, 0.3) is 0 Å². The fourth-order valence-corrected chi connectivity index (χ4v) is 3.65. The average Bonchev–Trinajstić information content (AvgIpc) is 2.46. The standard InChI is InChI=1S/C14H12OS4/c15-13(14(16)17)10-6-8-12(9-7-10)19-18-11-4-2-1-3-5-11/h1-9,14,16-17H. The summed E-state index contributed by atoms with van der Waals surface area (Å²) < 4.78 is -0.558. The third-order valence-electron chi connectivity index (χ3n) is 2.35. The van der Waals surface area contributed by atoms with Gasteiger partial charge in [0, 0.05) is 15.4 Å². The van der Waals surface area contributed by atoms with Crippen molar-refractivity contribution in [2.75, 3.05) is 0 Å². The van der Waals surface area contributed by atoms with Crippen molar-refractivity contribution in [3.63, 3.8) is 0 Å². The van der Waals surface area contributed by atoms with Gasteiger partial charge in [-0.1, -0.05) is 51.9 Å². The molecule has 2 aromatic rings. The molecule has 0 aliphatic carbocycles. The van der Waals surface area contributed by atoms with Crippen molar-refractivity contribution in [2.24, 2.45) is 0 Å². The molecule has 0 aliphatic rings. The molecule has 0 aliphatic heterocycles. The lowest BCUT2D eigenvalue weighted by Gasteiger charge is -2.04. The summed E-state index contributed by atoms with van der Waals surface area (Å²) >= 11 is 8.05. The van der Waals surface area contributed by atoms with Crippen LogP contribution in [-0.4, -0.2) is 10.4 Å². The van der Waals surface area contributed by atoms with E-state index in [2.05, 4.69) is 37.4 Å². The van der Waals surface area contributed by atoms with Gasteiger partial charge in [-0.05, 0) is 24.3 Å². The SMILES string of the molecule is O=C(c1ccc(SSc2ccccc2)cc1)C(S)S. The van der Waals surface area contributed by atoms with Gasteiger partial charge in [0.05, 0.1) is 0 Å². The molecule has 0 saturated heterocycles. The van der Waals surface area contributed by atoms with Gasteiger partial charge in [-0.2, -0.15) is 25.3 Å². The van der Waals surface area contributed by atoms with Crippen LogP contribution in [0.4, 0.5) is 0 Å². The van der Waals surface area contributed by atoms with Gasteiger partial charge in [-0.25, -0.2) is 0 Å². The van der Waals surface area contributed by atoms with Crippen LogP contribution in [0.2, 0.25) is 0 Å². The van der Waals surface area contributed by atoms with Crippen LogP contribution in [0.5, 0.6) is 0 Å². The lowest BCUT2D eigenvalue weighted by atomic mass is 10.1. The third kappa shape index (κ3) is 4.53.